The van der Waals surface area contributed by atoms with Crippen LogP contribution >= 0.6 is 23.2 Å². The van der Waals surface area contributed by atoms with E-state index in [0.717, 1.165) is 0 Å². The molecular formula is C15H14Cl2N2O3. The van der Waals surface area contributed by atoms with Crippen LogP contribution in [0.3, 0.4) is 0 Å². The zero-order valence-corrected chi connectivity index (χ0v) is 13.1. The molecule has 5 nitrogen and oxygen atoms in total. The van der Waals surface area contributed by atoms with Crippen LogP contribution in [0.1, 0.15) is 16.1 Å². The summed E-state index contributed by atoms with van der Waals surface area (Å²) >= 11 is 12.0. The number of carbonyl (C=O) groups is 2. The minimum Gasteiger partial charge on any atom is -0.459 e. The van der Waals surface area contributed by atoms with Crippen LogP contribution in [0.4, 0.5) is 0 Å². The van der Waals surface area contributed by atoms with Crippen molar-refractivity contribution >= 4 is 35.0 Å². The van der Waals surface area contributed by atoms with Crippen LogP contribution in [0.2, 0.25) is 10.0 Å². The van der Waals surface area contributed by atoms with Gasteiger partial charge in [-0.2, -0.15) is 0 Å². The maximum Gasteiger partial charge on any atom is 0.287 e. The minimum absolute atomic E-state index is 0.0879. The molecule has 1 aromatic heterocycles. The molecule has 2 N–H and O–H groups in total. The number of furan rings is 1. The van der Waals surface area contributed by atoms with Crippen molar-refractivity contribution in [3.63, 3.8) is 0 Å². The number of halogens is 2. The van der Waals surface area contributed by atoms with E-state index in [1.807, 2.05) is 0 Å². The summed E-state index contributed by atoms with van der Waals surface area (Å²) in [6.45, 7) is 0.592. The van der Waals surface area contributed by atoms with Gasteiger partial charge in [-0.25, -0.2) is 0 Å². The van der Waals surface area contributed by atoms with Crippen LogP contribution in [-0.2, 0) is 11.2 Å². The summed E-state index contributed by atoms with van der Waals surface area (Å²) in [5.74, 6) is -0.315. The standard InChI is InChI=1S/C15H14Cl2N2O3/c16-11-3-1-4-12(17)10(11)9-14(20)18-6-7-19-15(21)13-5-2-8-22-13/h1-5,8H,6-7,9H2,(H,18,20)(H,19,21). The Morgan fingerprint density at radius 3 is 2.32 bits per heavy atom. The first-order valence-corrected chi connectivity index (χ1v) is 7.35. The Kier molecular flexibility index (Phi) is 5.86. The number of carbonyl (C=O) groups excluding carboxylic acids is 2. The van der Waals surface area contributed by atoms with Gasteiger partial charge in [-0.1, -0.05) is 29.3 Å². The monoisotopic (exact) mass is 340 g/mol. The fourth-order valence-corrected chi connectivity index (χ4v) is 2.33. The zero-order chi connectivity index (χ0) is 15.9. The van der Waals surface area contributed by atoms with E-state index in [2.05, 4.69) is 10.6 Å². The SMILES string of the molecule is O=C(Cc1c(Cl)cccc1Cl)NCCNC(=O)c1ccco1. The molecule has 0 unspecified atom stereocenters. The highest BCUT2D eigenvalue weighted by Crippen LogP contribution is 2.24. The second kappa shape index (κ2) is 7.87. The molecule has 116 valence electrons. The Bertz CT molecular complexity index is 637. The van der Waals surface area contributed by atoms with Crippen LogP contribution in [0.5, 0.6) is 0 Å². The summed E-state index contributed by atoms with van der Waals surface area (Å²) in [5.41, 5.74) is 0.586. The van der Waals surface area contributed by atoms with E-state index in [9.17, 15) is 9.59 Å². The van der Waals surface area contributed by atoms with Crippen molar-refractivity contribution in [1.29, 1.82) is 0 Å². The molecule has 0 spiro atoms. The summed E-state index contributed by atoms with van der Waals surface area (Å²) in [7, 11) is 0. The van der Waals surface area contributed by atoms with Gasteiger partial charge in [0.25, 0.3) is 5.91 Å². The number of nitrogens with one attached hydrogen (secondary N) is 2. The van der Waals surface area contributed by atoms with E-state index in [1.54, 1.807) is 30.3 Å². The molecule has 0 aliphatic carbocycles. The van der Waals surface area contributed by atoms with Gasteiger partial charge in [0.1, 0.15) is 0 Å². The molecule has 7 heteroatoms. The van der Waals surface area contributed by atoms with Crippen LogP contribution < -0.4 is 10.6 Å². The smallest absolute Gasteiger partial charge is 0.287 e. The summed E-state index contributed by atoms with van der Waals surface area (Å²) < 4.78 is 4.95. The molecule has 0 saturated carbocycles. The maximum atomic E-state index is 11.8. The van der Waals surface area contributed by atoms with Gasteiger partial charge < -0.3 is 15.1 Å². The van der Waals surface area contributed by atoms with E-state index in [1.165, 1.54) is 6.26 Å². The topological polar surface area (TPSA) is 71.3 Å². The Labute approximate surface area is 137 Å². The van der Waals surface area contributed by atoms with Gasteiger partial charge >= 0.3 is 0 Å². The Balaban J connectivity index is 1.73. The first kappa shape index (κ1) is 16.4. The lowest BCUT2D eigenvalue weighted by atomic mass is 10.1. The predicted octanol–water partition coefficient (Wildman–Crippen LogP) is 2.68. The number of rotatable bonds is 6. The summed E-state index contributed by atoms with van der Waals surface area (Å²) in [6, 6.07) is 8.27. The van der Waals surface area contributed by atoms with Crippen molar-refractivity contribution in [3.05, 3.63) is 58.0 Å². The largest absolute Gasteiger partial charge is 0.459 e. The molecule has 0 aliphatic heterocycles. The number of benzene rings is 1. The summed E-state index contributed by atoms with van der Waals surface area (Å²) in [5, 5.41) is 6.22. The average molecular weight is 341 g/mol. The summed E-state index contributed by atoms with van der Waals surface area (Å²) in [6.07, 6.45) is 1.51. The predicted molar refractivity (Wildman–Crippen MR) is 84.2 cm³/mol. The lowest BCUT2D eigenvalue weighted by Gasteiger charge is -2.08. The Hall–Kier alpha value is -1.98. The van der Waals surface area contributed by atoms with Gasteiger partial charge in [-0.3, -0.25) is 9.59 Å². The molecule has 0 atom stereocenters. The molecule has 0 radical (unpaired) electrons. The second-order valence-corrected chi connectivity index (χ2v) is 5.27. The Morgan fingerprint density at radius 2 is 1.68 bits per heavy atom. The molecule has 0 saturated heterocycles. The molecule has 1 heterocycles. The highest BCUT2D eigenvalue weighted by molar-refractivity contribution is 6.36. The third kappa shape index (κ3) is 4.51. The third-order valence-corrected chi connectivity index (χ3v) is 3.58. The molecule has 0 aliphatic rings. The number of hydrogen-bond donors (Lipinski definition) is 2. The molecular weight excluding hydrogens is 327 g/mol. The fraction of sp³-hybridized carbons (Fsp3) is 0.200. The molecule has 1 aromatic carbocycles. The van der Waals surface area contributed by atoms with Crippen molar-refractivity contribution in [1.82, 2.24) is 10.6 Å². The minimum atomic E-state index is -0.326. The Morgan fingerprint density at radius 1 is 1.00 bits per heavy atom. The third-order valence-electron chi connectivity index (χ3n) is 2.88. The van der Waals surface area contributed by atoms with Crippen LogP contribution in [0.25, 0.3) is 0 Å². The first-order valence-electron chi connectivity index (χ1n) is 6.59. The molecule has 2 aromatic rings. The van der Waals surface area contributed by atoms with Crippen LogP contribution in [0, 0.1) is 0 Å². The summed E-state index contributed by atoms with van der Waals surface area (Å²) in [4.78, 5) is 23.4. The lowest BCUT2D eigenvalue weighted by molar-refractivity contribution is -0.120. The van der Waals surface area contributed by atoms with E-state index in [-0.39, 0.29) is 24.0 Å². The van der Waals surface area contributed by atoms with Crippen LogP contribution in [-0.4, -0.2) is 24.9 Å². The lowest BCUT2D eigenvalue weighted by Crippen LogP contribution is -2.35. The molecule has 0 bridgehead atoms. The van der Waals surface area contributed by atoms with E-state index in [4.69, 9.17) is 27.6 Å². The highest BCUT2D eigenvalue weighted by Gasteiger charge is 2.11. The van der Waals surface area contributed by atoms with Crippen molar-refractivity contribution in [2.75, 3.05) is 13.1 Å². The normalized spacial score (nSPS) is 10.3. The first-order chi connectivity index (χ1) is 10.6. The van der Waals surface area contributed by atoms with Gasteiger partial charge in [-0.15, -0.1) is 0 Å². The van der Waals surface area contributed by atoms with Gasteiger partial charge in [0.2, 0.25) is 5.91 Å². The van der Waals surface area contributed by atoms with E-state index >= 15 is 0 Å². The van der Waals surface area contributed by atoms with Gasteiger partial charge in [0.05, 0.1) is 12.7 Å². The second-order valence-electron chi connectivity index (χ2n) is 4.46. The maximum absolute atomic E-state index is 11.8. The highest BCUT2D eigenvalue weighted by atomic mass is 35.5. The number of amides is 2. The van der Waals surface area contributed by atoms with E-state index < -0.39 is 0 Å². The molecule has 22 heavy (non-hydrogen) atoms. The van der Waals surface area contributed by atoms with E-state index in [0.29, 0.717) is 28.7 Å². The zero-order valence-electron chi connectivity index (χ0n) is 11.6. The van der Waals surface area contributed by atoms with Crippen molar-refractivity contribution < 1.29 is 14.0 Å². The van der Waals surface area contributed by atoms with Crippen molar-refractivity contribution in [2.24, 2.45) is 0 Å². The van der Waals surface area contributed by atoms with Gasteiger partial charge in [-0.05, 0) is 29.8 Å². The molecule has 2 rings (SSSR count). The average Bonchev–Trinajstić information content (AvgIpc) is 3.02. The number of hydrogen-bond acceptors (Lipinski definition) is 3. The fourth-order valence-electron chi connectivity index (χ4n) is 1.80. The quantitative estimate of drug-likeness (QED) is 0.794. The van der Waals surface area contributed by atoms with Crippen molar-refractivity contribution in [2.45, 2.75) is 6.42 Å². The molecule has 0 fully saturated rings. The van der Waals surface area contributed by atoms with Gasteiger partial charge in [0.15, 0.2) is 5.76 Å². The van der Waals surface area contributed by atoms with Crippen molar-refractivity contribution in [3.8, 4) is 0 Å². The molecule has 2 amide bonds. The van der Waals surface area contributed by atoms with Gasteiger partial charge in [0, 0.05) is 23.1 Å². The van der Waals surface area contributed by atoms with Crippen LogP contribution in [0.15, 0.2) is 41.0 Å².